The maximum absolute atomic E-state index is 13.0. The van der Waals surface area contributed by atoms with Crippen LogP contribution in [0.25, 0.3) is 27.6 Å². The Morgan fingerprint density at radius 3 is 2.45 bits per heavy atom. The zero-order valence-corrected chi connectivity index (χ0v) is 16.4. The molecule has 29 heavy (non-hydrogen) atoms. The van der Waals surface area contributed by atoms with Crippen LogP contribution >= 0.6 is 23.1 Å². The van der Waals surface area contributed by atoms with Crippen LogP contribution in [-0.2, 0) is 19.4 Å². The van der Waals surface area contributed by atoms with E-state index in [1.54, 1.807) is 7.05 Å². The van der Waals surface area contributed by atoms with Gasteiger partial charge < -0.3 is 4.57 Å². The third-order valence-electron chi connectivity index (χ3n) is 4.09. The van der Waals surface area contributed by atoms with Crippen molar-refractivity contribution in [1.82, 2.24) is 23.9 Å². The number of hydrogen-bond donors (Lipinski definition) is 0. The minimum Gasteiger partial charge on any atom is -0.310 e. The number of halogens is 6. The van der Waals surface area contributed by atoms with Crippen LogP contribution in [-0.4, -0.2) is 29.7 Å². The highest BCUT2D eigenvalue weighted by Gasteiger charge is 2.35. The lowest BCUT2D eigenvalue weighted by Crippen LogP contribution is -2.05. The van der Waals surface area contributed by atoms with Crippen molar-refractivity contribution in [3.05, 3.63) is 28.9 Å². The van der Waals surface area contributed by atoms with Crippen LogP contribution in [0.5, 0.6) is 0 Å². The molecular formula is C16H11F6N5S2. The third kappa shape index (κ3) is 3.35. The SMILES string of the molecule is CCSc1c(-c2nc3cc(C(F)(F)F)cnc3n2C)nc2sc(C(F)(F)F)cn12. The van der Waals surface area contributed by atoms with Crippen LogP contribution in [0.2, 0.25) is 0 Å². The van der Waals surface area contributed by atoms with Crippen molar-refractivity contribution in [2.24, 2.45) is 7.05 Å². The highest BCUT2D eigenvalue weighted by Crippen LogP contribution is 2.40. The second kappa shape index (κ2) is 6.62. The first kappa shape index (κ1) is 20.0. The molecule has 0 unspecified atom stereocenters. The molecule has 4 aromatic heterocycles. The molecular weight excluding hydrogens is 440 g/mol. The summed E-state index contributed by atoms with van der Waals surface area (Å²) in [5.74, 6) is 0.783. The third-order valence-corrected chi connectivity index (χ3v) is 6.07. The Bertz CT molecular complexity index is 1220. The summed E-state index contributed by atoms with van der Waals surface area (Å²) in [5.41, 5.74) is -0.394. The van der Waals surface area contributed by atoms with Crippen LogP contribution in [0.4, 0.5) is 26.3 Å². The van der Waals surface area contributed by atoms with E-state index in [9.17, 15) is 26.3 Å². The highest BCUT2D eigenvalue weighted by atomic mass is 32.2. The summed E-state index contributed by atoms with van der Waals surface area (Å²) in [6.07, 6.45) is -7.36. The van der Waals surface area contributed by atoms with Crippen molar-refractivity contribution in [2.75, 3.05) is 5.75 Å². The lowest BCUT2D eigenvalue weighted by molar-refractivity contribution is -0.137. The van der Waals surface area contributed by atoms with Crippen LogP contribution in [0.1, 0.15) is 17.4 Å². The molecule has 5 nitrogen and oxygen atoms in total. The number of rotatable bonds is 3. The van der Waals surface area contributed by atoms with Gasteiger partial charge in [0.25, 0.3) is 0 Å². The molecule has 0 radical (unpaired) electrons. The summed E-state index contributed by atoms with van der Waals surface area (Å²) in [4.78, 5) is 11.7. The van der Waals surface area contributed by atoms with Gasteiger partial charge in [-0.15, -0.1) is 11.8 Å². The van der Waals surface area contributed by atoms with E-state index in [2.05, 4.69) is 15.0 Å². The second-order valence-corrected chi connectivity index (χ2v) is 8.27. The van der Waals surface area contributed by atoms with Gasteiger partial charge in [0.1, 0.15) is 21.1 Å². The van der Waals surface area contributed by atoms with Crippen LogP contribution < -0.4 is 0 Å². The Kier molecular flexibility index (Phi) is 4.57. The van der Waals surface area contributed by atoms with Crippen LogP contribution in [0.15, 0.2) is 23.5 Å². The largest absolute Gasteiger partial charge is 0.427 e. The van der Waals surface area contributed by atoms with E-state index in [1.807, 2.05) is 6.92 Å². The molecule has 0 amide bonds. The number of pyridine rings is 1. The summed E-state index contributed by atoms with van der Waals surface area (Å²) in [5, 5.41) is 0.434. The molecule has 4 rings (SSSR count). The van der Waals surface area contributed by atoms with E-state index in [0.717, 1.165) is 18.5 Å². The molecule has 0 aliphatic carbocycles. The molecule has 0 bridgehead atoms. The smallest absolute Gasteiger partial charge is 0.310 e. The minimum absolute atomic E-state index is 0.0251. The van der Waals surface area contributed by atoms with E-state index in [-0.39, 0.29) is 21.9 Å². The fourth-order valence-electron chi connectivity index (χ4n) is 2.82. The summed E-state index contributed by atoms with van der Waals surface area (Å²) in [7, 11) is 1.57. The molecule has 4 aromatic rings. The maximum atomic E-state index is 13.0. The number of thiazole rings is 1. The van der Waals surface area contributed by atoms with Crippen molar-refractivity contribution < 1.29 is 26.3 Å². The molecule has 0 aliphatic rings. The quantitative estimate of drug-likeness (QED) is 0.305. The number of nitrogens with zero attached hydrogens (tertiary/aromatic N) is 5. The molecule has 0 aliphatic heterocycles. The topological polar surface area (TPSA) is 48.0 Å². The Morgan fingerprint density at radius 2 is 1.83 bits per heavy atom. The van der Waals surface area contributed by atoms with Crippen molar-refractivity contribution >= 4 is 39.2 Å². The number of imidazole rings is 2. The zero-order chi connectivity index (χ0) is 21.1. The molecule has 4 heterocycles. The number of thioether (sulfide) groups is 1. The molecule has 0 saturated carbocycles. The van der Waals surface area contributed by atoms with E-state index < -0.39 is 22.8 Å². The van der Waals surface area contributed by atoms with E-state index in [4.69, 9.17) is 0 Å². The highest BCUT2D eigenvalue weighted by molar-refractivity contribution is 7.99. The van der Waals surface area contributed by atoms with Crippen molar-refractivity contribution in [3.8, 4) is 11.5 Å². The van der Waals surface area contributed by atoms with Gasteiger partial charge in [-0.25, -0.2) is 15.0 Å². The fraction of sp³-hybridized carbons (Fsp3) is 0.312. The molecule has 0 N–H and O–H groups in total. The van der Waals surface area contributed by atoms with Gasteiger partial charge in [-0.3, -0.25) is 4.40 Å². The maximum Gasteiger partial charge on any atom is 0.427 e. The standard InChI is InChI=1S/C16H11F6N5S2/c1-3-28-13-10(25-14-27(13)6-9(29-14)16(20,21)22)12-24-8-4-7(15(17,18)19)5-23-11(8)26(12)2/h4-6H,3H2,1-2H3. The summed E-state index contributed by atoms with van der Waals surface area (Å²) >= 11 is 1.76. The lowest BCUT2D eigenvalue weighted by Gasteiger charge is -2.05. The first-order valence-electron chi connectivity index (χ1n) is 8.12. The first-order valence-corrected chi connectivity index (χ1v) is 9.92. The van der Waals surface area contributed by atoms with Gasteiger partial charge >= 0.3 is 12.4 Å². The number of hydrogen-bond acceptors (Lipinski definition) is 5. The predicted molar refractivity (Wildman–Crippen MR) is 97.0 cm³/mol. The Labute approximate surface area is 167 Å². The van der Waals surface area contributed by atoms with Gasteiger partial charge in [0.05, 0.1) is 5.56 Å². The molecule has 0 fully saturated rings. The van der Waals surface area contributed by atoms with E-state index in [0.29, 0.717) is 27.8 Å². The van der Waals surface area contributed by atoms with Gasteiger partial charge in [0.15, 0.2) is 16.4 Å². The second-order valence-electron chi connectivity index (χ2n) is 6.00. The summed E-state index contributed by atoms with van der Waals surface area (Å²) < 4.78 is 80.8. The van der Waals surface area contributed by atoms with E-state index >= 15 is 0 Å². The molecule has 0 saturated heterocycles. The summed E-state index contributed by atoms with van der Waals surface area (Å²) in [6.45, 7) is 1.83. The van der Waals surface area contributed by atoms with Crippen LogP contribution in [0, 0.1) is 0 Å². The zero-order valence-electron chi connectivity index (χ0n) is 14.8. The minimum atomic E-state index is -4.56. The van der Waals surface area contributed by atoms with Crippen LogP contribution in [0.3, 0.4) is 0 Å². The number of aryl methyl sites for hydroxylation is 1. The van der Waals surface area contributed by atoms with Crippen molar-refractivity contribution in [2.45, 2.75) is 24.3 Å². The van der Waals surface area contributed by atoms with E-state index in [1.165, 1.54) is 20.7 Å². The van der Waals surface area contributed by atoms with Gasteiger partial charge in [-0.1, -0.05) is 18.3 Å². The number of aromatic nitrogens is 5. The van der Waals surface area contributed by atoms with Crippen molar-refractivity contribution in [3.63, 3.8) is 0 Å². The number of fused-ring (bicyclic) bond motifs is 2. The molecule has 0 aromatic carbocycles. The van der Waals surface area contributed by atoms with Gasteiger partial charge in [0.2, 0.25) is 0 Å². The number of alkyl halides is 6. The average Bonchev–Trinajstić information content (AvgIpc) is 3.26. The average molecular weight is 451 g/mol. The molecule has 154 valence electrons. The Morgan fingerprint density at radius 1 is 1.10 bits per heavy atom. The predicted octanol–water partition coefficient (Wildman–Crippen LogP) is 5.49. The van der Waals surface area contributed by atoms with Gasteiger partial charge in [-0.2, -0.15) is 26.3 Å². The lowest BCUT2D eigenvalue weighted by atomic mass is 10.2. The van der Waals surface area contributed by atoms with Crippen molar-refractivity contribution in [1.29, 1.82) is 0 Å². The van der Waals surface area contributed by atoms with Gasteiger partial charge in [-0.05, 0) is 11.8 Å². The normalized spacial score (nSPS) is 13.1. The molecule has 0 spiro atoms. The fourth-order valence-corrected chi connectivity index (χ4v) is 4.55. The monoisotopic (exact) mass is 451 g/mol. The molecule has 0 atom stereocenters. The Balaban J connectivity index is 1.91. The van der Waals surface area contributed by atoms with Gasteiger partial charge in [0, 0.05) is 19.4 Å². The first-order chi connectivity index (χ1) is 13.5. The molecule has 13 heteroatoms. The summed E-state index contributed by atoms with van der Waals surface area (Å²) in [6, 6.07) is 0.888. The Hall–Kier alpha value is -2.28.